The van der Waals surface area contributed by atoms with Crippen LogP contribution in [0.1, 0.15) is 0 Å². The highest BCUT2D eigenvalue weighted by molar-refractivity contribution is 7.88. The molecule has 0 radical (unpaired) electrons. The van der Waals surface area contributed by atoms with Crippen molar-refractivity contribution in [1.82, 2.24) is 14.8 Å². The Kier molecular flexibility index (Phi) is 4.14. The van der Waals surface area contributed by atoms with Crippen molar-refractivity contribution in [3.63, 3.8) is 0 Å². The fourth-order valence-corrected chi connectivity index (χ4v) is 2.45. The van der Waals surface area contributed by atoms with Crippen molar-refractivity contribution >= 4 is 20.9 Å². The van der Waals surface area contributed by atoms with Gasteiger partial charge in [0.15, 0.2) is 0 Å². The molecule has 136 valence electrons. The topological polar surface area (TPSA) is 91.2 Å². The van der Waals surface area contributed by atoms with E-state index >= 15 is 0 Å². The lowest BCUT2D eigenvalue weighted by Crippen LogP contribution is -2.30. The maximum absolute atomic E-state index is 13.0. The van der Waals surface area contributed by atoms with E-state index in [1.54, 1.807) is 0 Å². The molecule has 0 atom stereocenters. The van der Waals surface area contributed by atoms with Crippen molar-refractivity contribution in [1.29, 1.82) is 0 Å². The molecular weight excluding hydrogens is 382 g/mol. The van der Waals surface area contributed by atoms with Gasteiger partial charge in [-0.25, -0.2) is 4.39 Å². The fourth-order valence-electron chi connectivity index (χ4n) is 2.03. The second-order valence-corrected chi connectivity index (χ2v) is 6.44. The van der Waals surface area contributed by atoms with Crippen LogP contribution >= 0.6 is 0 Å². The van der Waals surface area contributed by atoms with Crippen molar-refractivity contribution in [2.24, 2.45) is 0 Å². The van der Waals surface area contributed by atoms with Gasteiger partial charge in [0.2, 0.25) is 0 Å². The number of hydrogen-bond donors (Lipinski definition) is 0. The van der Waals surface area contributed by atoms with Gasteiger partial charge in [0.25, 0.3) is 11.4 Å². The van der Waals surface area contributed by atoms with Crippen LogP contribution in [0.4, 0.5) is 17.6 Å². The molecule has 0 aliphatic heterocycles. The van der Waals surface area contributed by atoms with Gasteiger partial charge in [0, 0.05) is 12.4 Å². The van der Waals surface area contributed by atoms with E-state index in [-0.39, 0.29) is 16.5 Å². The van der Waals surface area contributed by atoms with Crippen LogP contribution in [0.2, 0.25) is 0 Å². The number of pyridine rings is 1. The number of hydrogen-bond acceptors (Lipinski definition) is 6. The quantitative estimate of drug-likeness (QED) is 0.387. The Hall–Kier alpha value is -3.02. The summed E-state index contributed by atoms with van der Waals surface area (Å²) in [4.78, 5) is 16.1. The molecule has 1 aromatic carbocycles. The second-order valence-electron chi connectivity index (χ2n) is 4.90. The van der Waals surface area contributed by atoms with Crippen LogP contribution in [0.3, 0.4) is 0 Å². The Bertz CT molecular complexity index is 1140. The van der Waals surface area contributed by atoms with Crippen LogP contribution < -0.4 is 9.74 Å². The highest BCUT2D eigenvalue weighted by Crippen LogP contribution is 2.29. The third kappa shape index (κ3) is 3.10. The first kappa shape index (κ1) is 17.8. The maximum atomic E-state index is 13.0. The van der Waals surface area contributed by atoms with Gasteiger partial charge in [0.1, 0.15) is 5.82 Å². The van der Waals surface area contributed by atoms with Gasteiger partial charge in [-0.3, -0.25) is 9.78 Å². The summed E-state index contributed by atoms with van der Waals surface area (Å²) in [5.74, 6) is -1.61. The van der Waals surface area contributed by atoms with Gasteiger partial charge in [-0.15, -0.1) is 5.10 Å². The Balaban J connectivity index is 2.28. The third-order valence-electron chi connectivity index (χ3n) is 3.21. The number of halogens is 4. The zero-order valence-electron chi connectivity index (χ0n) is 12.4. The van der Waals surface area contributed by atoms with E-state index in [9.17, 15) is 30.8 Å². The fraction of sp³-hybridized carbons (Fsp3) is 0.0714. The van der Waals surface area contributed by atoms with Crippen molar-refractivity contribution < 1.29 is 30.2 Å². The minimum absolute atomic E-state index is 0.00984. The van der Waals surface area contributed by atoms with Crippen molar-refractivity contribution in [2.75, 3.05) is 0 Å². The van der Waals surface area contributed by atoms with E-state index in [1.807, 2.05) is 0 Å². The molecule has 0 N–H and O–H groups in total. The summed E-state index contributed by atoms with van der Waals surface area (Å²) in [5.41, 5.74) is -6.49. The van der Waals surface area contributed by atoms with E-state index in [2.05, 4.69) is 14.3 Å². The van der Waals surface area contributed by atoms with Crippen molar-refractivity contribution in [2.45, 2.75) is 5.51 Å². The molecule has 0 fully saturated rings. The van der Waals surface area contributed by atoms with Gasteiger partial charge in [-0.1, -0.05) is 0 Å². The molecule has 0 unspecified atom stereocenters. The van der Waals surface area contributed by atoms with Gasteiger partial charge in [0.05, 0.1) is 16.5 Å². The lowest BCUT2D eigenvalue weighted by molar-refractivity contribution is -0.0501. The molecule has 0 spiro atoms. The van der Waals surface area contributed by atoms with E-state index in [1.165, 1.54) is 6.20 Å². The molecule has 0 aliphatic rings. The smallest absolute Gasteiger partial charge is 0.353 e. The second kappa shape index (κ2) is 6.05. The highest BCUT2D eigenvalue weighted by atomic mass is 32.2. The Labute approximate surface area is 142 Å². The van der Waals surface area contributed by atoms with E-state index in [4.69, 9.17) is 0 Å². The molecule has 0 amide bonds. The minimum atomic E-state index is -6.03. The van der Waals surface area contributed by atoms with Crippen LogP contribution in [-0.4, -0.2) is 28.7 Å². The molecule has 12 heteroatoms. The van der Waals surface area contributed by atoms with Crippen LogP contribution in [-0.2, 0) is 10.1 Å². The highest BCUT2D eigenvalue weighted by Gasteiger charge is 2.49. The Morgan fingerprint density at radius 3 is 2.31 bits per heavy atom. The van der Waals surface area contributed by atoms with E-state index in [0.29, 0.717) is 4.68 Å². The minimum Gasteiger partial charge on any atom is -0.353 e. The SMILES string of the molecule is O=c1c2ccncc2c(OS(=O)(=O)C(F)(F)F)nn1-c1ccc(F)cc1. The number of benzene rings is 1. The van der Waals surface area contributed by atoms with Crippen LogP contribution in [0.5, 0.6) is 5.88 Å². The summed E-state index contributed by atoms with van der Waals surface area (Å²) in [7, 11) is -6.03. The molecule has 0 aliphatic carbocycles. The molecule has 0 bridgehead atoms. The summed E-state index contributed by atoms with van der Waals surface area (Å²) >= 11 is 0. The van der Waals surface area contributed by atoms with E-state index in [0.717, 1.165) is 36.5 Å². The van der Waals surface area contributed by atoms with Crippen molar-refractivity contribution in [3.05, 3.63) is 58.9 Å². The molecular formula is C14H7F4N3O4S. The first-order valence-corrected chi connectivity index (χ1v) is 8.15. The zero-order valence-corrected chi connectivity index (χ0v) is 13.3. The monoisotopic (exact) mass is 389 g/mol. The van der Waals surface area contributed by atoms with Crippen LogP contribution in [0.25, 0.3) is 16.5 Å². The number of nitrogens with zero attached hydrogens (tertiary/aromatic N) is 3. The summed E-state index contributed by atoms with van der Waals surface area (Å²) in [5, 5.41) is 3.02. The average Bonchev–Trinajstić information content (AvgIpc) is 2.57. The maximum Gasteiger partial charge on any atom is 0.534 e. The van der Waals surface area contributed by atoms with Crippen LogP contribution in [0, 0.1) is 5.82 Å². The molecule has 2 aromatic heterocycles. The summed E-state index contributed by atoms with van der Waals surface area (Å²) in [6.45, 7) is 0. The zero-order chi connectivity index (χ0) is 19.1. The van der Waals surface area contributed by atoms with Gasteiger partial charge >= 0.3 is 15.6 Å². The number of aromatic nitrogens is 3. The van der Waals surface area contributed by atoms with Crippen molar-refractivity contribution in [3.8, 4) is 11.6 Å². The molecule has 3 rings (SSSR count). The Morgan fingerprint density at radius 1 is 1.04 bits per heavy atom. The normalized spacial score (nSPS) is 12.3. The molecule has 7 nitrogen and oxygen atoms in total. The lowest BCUT2D eigenvalue weighted by Gasteiger charge is -2.12. The number of alkyl halides is 3. The molecule has 0 saturated heterocycles. The van der Waals surface area contributed by atoms with Crippen LogP contribution in [0.15, 0.2) is 47.5 Å². The summed E-state index contributed by atoms with van der Waals surface area (Å²) in [6, 6.07) is 5.42. The predicted molar refractivity (Wildman–Crippen MR) is 80.7 cm³/mol. The van der Waals surface area contributed by atoms with E-state index < -0.39 is 32.9 Å². The molecule has 26 heavy (non-hydrogen) atoms. The Morgan fingerprint density at radius 2 is 1.69 bits per heavy atom. The third-order valence-corrected chi connectivity index (χ3v) is 4.15. The predicted octanol–water partition coefficient (Wildman–Crippen LogP) is 2.15. The average molecular weight is 389 g/mol. The molecule has 3 aromatic rings. The largest absolute Gasteiger partial charge is 0.534 e. The van der Waals surface area contributed by atoms with Gasteiger partial charge < -0.3 is 4.18 Å². The molecule has 2 heterocycles. The number of fused-ring (bicyclic) bond motifs is 1. The first-order chi connectivity index (χ1) is 12.1. The number of rotatable bonds is 3. The van der Waals surface area contributed by atoms with Gasteiger partial charge in [-0.2, -0.15) is 26.3 Å². The summed E-state index contributed by atoms with van der Waals surface area (Å²) < 4.78 is 78.1. The van der Waals surface area contributed by atoms with Gasteiger partial charge in [-0.05, 0) is 30.3 Å². The lowest BCUT2D eigenvalue weighted by atomic mass is 10.2. The molecule has 0 saturated carbocycles. The first-order valence-electron chi connectivity index (χ1n) is 6.74. The summed E-state index contributed by atoms with van der Waals surface area (Å²) in [6.07, 6.45) is 2.13. The standard InChI is InChI=1S/C14H7F4N3O4S/c15-8-1-3-9(4-2-8)21-13(22)10-5-6-19-7-11(10)12(20-21)25-26(23,24)14(16,17)18/h1-7H.